The van der Waals surface area contributed by atoms with Gasteiger partial charge in [0, 0.05) is 10.7 Å². The van der Waals surface area contributed by atoms with E-state index in [9.17, 15) is 8.42 Å². The average Bonchev–Trinajstić information content (AvgIpc) is 2.83. The van der Waals surface area contributed by atoms with Crippen molar-refractivity contribution in [3.63, 3.8) is 0 Å². The SMILES string of the molecule is Cc1ccn2c(NS(=O)(=O)c3cccc(C)c3Br)nnc2c1. The second kappa shape index (κ2) is 5.36. The molecule has 0 aliphatic carbocycles. The molecule has 3 aromatic rings. The predicted molar refractivity (Wildman–Crippen MR) is 87.4 cm³/mol. The van der Waals surface area contributed by atoms with Gasteiger partial charge in [0.05, 0.1) is 0 Å². The fourth-order valence-corrected chi connectivity index (χ4v) is 4.11. The first-order chi connectivity index (χ1) is 10.4. The molecule has 1 N–H and O–H groups in total. The summed E-state index contributed by atoms with van der Waals surface area (Å²) in [6.45, 7) is 3.76. The van der Waals surface area contributed by atoms with E-state index in [0.29, 0.717) is 10.1 Å². The number of nitrogens with one attached hydrogen (secondary N) is 1. The Morgan fingerprint density at radius 3 is 2.73 bits per heavy atom. The topological polar surface area (TPSA) is 76.4 Å². The normalized spacial score (nSPS) is 11.8. The molecule has 0 aliphatic heterocycles. The van der Waals surface area contributed by atoms with Crippen molar-refractivity contribution in [2.24, 2.45) is 0 Å². The number of sulfonamides is 1. The molecule has 0 fully saturated rings. The summed E-state index contributed by atoms with van der Waals surface area (Å²) in [6.07, 6.45) is 1.73. The van der Waals surface area contributed by atoms with Crippen LogP contribution in [-0.4, -0.2) is 23.0 Å². The van der Waals surface area contributed by atoms with Crippen molar-refractivity contribution in [2.75, 3.05) is 4.72 Å². The number of rotatable bonds is 3. The number of benzene rings is 1. The van der Waals surface area contributed by atoms with Crippen LogP contribution in [0.4, 0.5) is 5.95 Å². The van der Waals surface area contributed by atoms with Crippen molar-refractivity contribution in [3.8, 4) is 0 Å². The van der Waals surface area contributed by atoms with Gasteiger partial charge in [0.25, 0.3) is 10.0 Å². The maximum absolute atomic E-state index is 12.6. The molecule has 1 aromatic carbocycles. The predicted octanol–water partition coefficient (Wildman–Crippen LogP) is 2.91. The molecule has 0 amide bonds. The Morgan fingerprint density at radius 2 is 1.95 bits per heavy atom. The van der Waals surface area contributed by atoms with Gasteiger partial charge in [0.15, 0.2) is 5.65 Å². The smallest absolute Gasteiger partial charge is 0.265 e. The van der Waals surface area contributed by atoms with Gasteiger partial charge in [0.1, 0.15) is 4.90 Å². The van der Waals surface area contributed by atoms with Crippen LogP contribution >= 0.6 is 15.9 Å². The molecule has 0 saturated heterocycles. The number of pyridine rings is 1. The Morgan fingerprint density at radius 1 is 1.18 bits per heavy atom. The molecular formula is C14H13BrN4O2S. The second-order valence-electron chi connectivity index (χ2n) is 4.95. The number of halogens is 1. The summed E-state index contributed by atoms with van der Waals surface area (Å²) < 4.78 is 29.7. The molecule has 0 unspecified atom stereocenters. The van der Waals surface area contributed by atoms with E-state index < -0.39 is 10.0 Å². The molecule has 22 heavy (non-hydrogen) atoms. The highest BCUT2D eigenvalue weighted by Gasteiger charge is 2.21. The van der Waals surface area contributed by atoms with Crippen LogP contribution in [0.3, 0.4) is 0 Å². The number of hydrogen-bond acceptors (Lipinski definition) is 4. The number of nitrogens with zero attached hydrogens (tertiary/aromatic N) is 3. The molecule has 0 atom stereocenters. The van der Waals surface area contributed by atoms with E-state index in [-0.39, 0.29) is 10.8 Å². The first-order valence-corrected chi connectivity index (χ1v) is 8.75. The molecule has 8 heteroatoms. The minimum atomic E-state index is -3.76. The number of fused-ring (bicyclic) bond motifs is 1. The van der Waals surface area contributed by atoms with Crippen molar-refractivity contribution < 1.29 is 8.42 Å². The third-order valence-corrected chi connectivity index (χ3v) is 5.92. The van der Waals surface area contributed by atoms with Gasteiger partial charge in [-0.15, -0.1) is 10.2 Å². The van der Waals surface area contributed by atoms with Crippen LogP contribution < -0.4 is 4.72 Å². The molecule has 0 saturated carbocycles. The van der Waals surface area contributed by atoms with E-state index in [1.165, 1.54) is 6.07 Å². The summed E-state index contributed by atoms with van der Waals surface area (Å²) in [4.78, 5) is 0.163. The number of hydrogen-bond donors (Lipinski definition) is 1. The molecule has 2 heterocycles. The lowest BCUT2D eigenvalue weighted by molar-refractivity contribution is 0.600. The lowest BCUT2D eigenvalue weighted by atomic mass is 10.2. The van der Waals surface area contributed by atoms with E-state index in [2.05, 4.69) is 30.8 Å². The maximum Gasteiger partial charge on any atom is 0.265 e. The van der Waals surface area contributed by atoms with Gasteiger partial charge in [-0.25, -0.2) is 13.1 Å². The maximum atomic E-state index is 12.6. The molecule has 0 bridgehead atoms. The fraction of sp³-hybridized carbons (Fsp3) is 0.143. The molecule has 2 aromatic heterocycles. The Labute approximate surface area is 136 Å². The summed E-state index contributed by atoms with van der Waals surface area (Å²) in [7, 11) is -3.76. The van der Waals surface area contributed by atoms with Crippen molar-refractivity contribution in [1.82, 2.24) is 14.6 Å². The fourth-order valence-electron chi connectivity index (χ4n) is 2.07. The lowest BCUT2D eigenvalue weighted by Crippen LogP contribution is -2.16. The van der Waals surface area contributed by atoms with Crippen LogP contribution in [0.15, 0.2) is 45.9 Å². The zero-order valence-corrected chi connectivity index (χ0v) is 14.3. The first-order valence-electron chi connectivity index (χ1n) is 6.48. The van der Waals surface area contributed by atoms with Crippen LogP contribution in [-0.2, 0) is 10.0 Å². The second-order valence-corrected chi connectivity index (χ2v) is 7.39. The summed E-state index contributed by atoms with van der Waals surface area (Å²) >= 11 is 3.32. The van der Waals surface area contributed by atoms with E-state index in [1.807, 2.05) is 32.0 Å². The standard InChI is InChI=1S/C14H13BrN4O2S/c1-9-6-7-19-12(8-9)16-17-14(19)18-22(20,21)11-5-3-4-10(2)13(11)15/h3-8H,1-2H3,(H,17,18). The largest absolute Gasteiger partial charge is 0.268 e. The molecule has 114 valence electrons. The number of aryl methyl sites for hydroxylation is 2. The highest BCUT2D eigenvalue weighted by Crippen LogP contribution is 2.26. The Kier molecular flexibility index (Phi) is 3.65. The van der Waals surface area contributed by atoms with Crippen molar-refractivity contribution >= 4 is 37.5 Å². The zero-order chi connectivity index (χ0) is 15.9. The average molecular weight is 381 g/mol. The monoisotopic (exact) mass is 380 g/mol. The van der Waals surface area contributed by atoms with Crippen LogP contribution in [0.1, 0.15) is 11.1 Å². The van der Waals surface area contributed by atoms with Gasteiger partial charge >= 0.3 is 0 Å². The third-order valence-electron chi connectivity index (χ3n) is 3.24. The summed E-state index contributed by atoms with van der Waals surface area (Å²) in [6, 6.07) is 8.75. The highest BCUT2D eigenvalue weighted by molar-refractivity contribution is 9.10. The third kappa shape index (κ3) is 2.59. The van der Waals surface area contributed by atoms with Crippen LogP contribution in [0, 0.1) is 13.8 Å². The molecule has 6 nitrogen and oxygen atoms in total. The van der Waals surface area contributed by atoms with Crippen molar-refractivity contribution in [2.45, 2.75) is 18.7 Å². The Balaban J connectivity index is 2.05. The van der Waals surface area contributed by atoms with Crippen LogP contribution in [0.2, 0.25) is 0 Å². The van der Waals surface area contributed by atoms with Gasteiger partial charge in [-0.3, -0.25) is 4.40 Å². The summed E-state index contributed by atoms with van der Waals surface area (Å²) in [5.41, 5.74) is 2.45. The Hall–Kier alpha value is -1.93. The van der Waals surface area contributed by atoms with Crippen molar-refractivity contribution in [3.05, 3.63) is 52.1 Å². The van der Waals surface area contributed by atoms with Gasteiger partial charge < -0.3 is 0 Å². The molecule has 0 spiro atoms. The van der Waals surface area contributed by atoms with Crippen LogP contribution in [0.25, 0.3) is 5.65 Å². The van der Waals surface area contributed by atoms with E-state index in [0.717, 1.165) is 11.1 Å². The zero-order valence-electron chi connectivity index (χ0n) is 11.9. The number of aromatic nitrogens is 3. The number of anilines is 1. The van der Waals surface area contributed by atoms with Gasteiger partial charge in [0.2, 0.25) is 5.95 Å². The van der Waals surface area contributed by atoms with Crippen LogP contribution in [0.5, 0.6) is 0 Å². The molecular weight excluding hydrogens is 368 g/mol. The van der Waals surface area contributed by atoms with Gasteiger partial charge in [-0.1, -0.05) is 12.1 Å². The first kappa shape index (κ1) is 15.0. The van der Waals surface area contributed by atoms with E-state index >= 15 is 0 Å². The summed E-state index contributed by atoms with van der Waals surface area (Å²) in [5, 5.41) is 7.88. The van der Waals surface area contributed by atoms with Gasteiger partial charge in [-0.2, -0.15) is 0 Å². The minimum Gasteiger partial charge on any atom is -0.268 e. The molecule has 3 rings (SSSR count). The van der Waals surface area contributed by atoms with Crippen molar-refractivity contribution in [1.29, 1.82) is 0 Å². The van der Waals surface area contributed by atoms with E-state index in [1.54, 1.807) is 16.7 Å². The molecule has 0 aliphatic rings. The van der Waals surface area contributed by atoms with E-state index in [4.69, 9.17) is 0 Å². The highest BCUT2D eigenvalue weighted by atomic mass is 79.9. The minimum absolute atomic E-state index is 0.156. The molecule has 0 radical (unpaired) electrons. The Bertz CT molecular complexity index is 966. The lowest BCUT2D eigenvalue weighted by Gasteiger charge is -2.09. The van der Waals surface area contributed by atoms with Gasteiger partial charge in [-0.05, 0) is 59.1 Å². The summed E-state index contributed by atoms with van der Waals surface area (Å²) in [5.74, 6) is 0.156. The quantitative estimate of drug-likeness (QED) is 0.757.